The molecule has 0 aliphatic heterocycles. The van der Waals surface area contributed by atoms with E-state index < -0.39 is 0 Å². The first-order chi connectivity index (χ1) is 12.7. The van der Waals surface area contributed by atoms with Crippen molar-refractivity contribution in [2.24, 2.45) is 0 Å². The van der Waals surface area contributed by atoms with Crippen molar-refractivity contribution in [3.63, 3.8) is 0 Å². The van der Waals surface area contributed by atoms with Gasteiger partial charge in [-0.25, -0.2) is 4.98 Å². The third-order valence-corrected chi connectivity index (χ3v) is 4.73. The molecule has 2 heterocycles. The molecule has 0 spiro atoms. The average molecular weight is 358 g/mol. The van der Waals surface area contributed by atoms with Gasteiger partial charge in [-0.1, -0.05) is 26.2 Å². The van der Waals surface area contributed by atoms with E-state index in [-0.39, 0.29) is 30.4 Å². The zero-order valence-corrected chi connectivity index (χ0v) is 15.1. The third kappa shape index (κ3) is 4.71. The molecular formula is C18H26N6O2. The van der Waals surface area contributed by atoms with Crippen LogP contribution in [0.4, 0.5) is 0 Å². The van der Waals surface area contributed by atoms with Crippen LogP contribution in [-0.4, -0.2) is 37.6 Å². The molecule has 0 aromatic carbocycles. The van der Waals surface area contributed by atoms with Crippen molar-refractivity contribution in [2.75, 3.05) is 0 Å². The van der Waals surface area contributed by atoms with Crippen LogP contribution in [-0.2, 0) is 11.3 Å². The Labute approximate surface area is 152 Å². The summed E-state index contributed by atoms with van der Waals surface area (Å²) in [7, 11) is 0. The minimum atomic E-state index is -0.229. The molecule has 0 radical (unpaired) electrons. The lowest BCUT2D eigenvalue weighted by molar-refractivity contribution is -0.122. The van der Waals surface area contributed by atoms with Crippen molar-refractivity contribution in [2.45, 2.75) is 64.1 Å². The number of H-pyrrole nitrogens is 1. The molecule has 26 heavy (non-hydrogen) atoms. The van der Waals surface area contributed by atoms with Crippen LogP contribution in [0.1, 0.15) is 67.7 Å². The summed E-state index contributed by atoms with van der Waals surface area (Å²) in [5.74, 6) is 0.432. The molecule has 0 saturated heterocycles. The van der Waals surface area contributed by atoms with Gasteiger partial charge in [0, 0.05) is 24.6 Å². The summed E-state index contributed by atoms with van der Waals surface area (Å²) in [6.07, 6.45) is 12.9. The molecule has 2 amide bonds. The summed E-state index contributed by atoms with van der Waals surface area (Å²) >= 11 is 0. The van der Waals surface area contributed by atoms with Crippen LogP contribution in [0.3, 0.4) is 0 Å². The summed E-state index contributed by atoms with van der Waals surface area (Å²) in [5, 5.41) is 10.1. The van der Waals surface area contributed by atoms with Crippen LogP contribution in [0, 0.1) is 0 Å². The first-order valence-corrected chi connectivity index (χ1v) is 9.27. The Morgan fingerprint density at radius 1 is 1.35 bits per heavy atom. The first kappa shape index (κ1) is 18.2. The minimum absolute atomic E-state index is 0.0611. The van der Waals surface area contributed by atoms with Crippen molar-refractivity contribution in [3.8, 4) is 0 Å². The zero-order chi connectivity index (χ0) is 18.4. The molecule has 8 nitrogen and oxygen atoms in total. The largest absolute Gasteiger partial charge is 0.352 e. The van der Waals surface area contributed by atoms with Crippen LogP contribution in [0.25, 0.3) is 0 Å². The highest BCUT2D eigenvalue weighted by Gasteiger charge is 2.19. The molecule has 1 aliphatic rings. The maximum atomic E-state index is 12.4. The molecule has 3 rings (SSSR count). The van der Waals surface area contributed by atoms with Gasteiger partial charge in [0.1, 0.15) is 12.4 Å². The molecule has 1 saturated carbocycles. The number of aromatic nitrogens is 4. The van der Waals surface area contributed by atoms with Gasteiger partial charge in [0.05, 0.1) is 17.8 Å². The number of rotatable bonds is 7. The van der Waals surface area contributed by atoms with Crippen LogP contribution in [0.2, 0.25) is 0 Å². The van der Waals surface area contributed by atoms with E-state index in [1.165, 1.54) is 30.1 Å². The molecule has 1 unspecified atom stereocenters. The highest BCUT2D eigenvalue weighted by Crippen LogP contribution is 2.17. The number of amides is 2. The number of aromatic amines is 1. The lowest BCUT2D eigenvalue weighted by atomic mass is 9.95. The molecule has 3 N–H and O–H groups in total. The summed E-state index contributed by atoms with van der Waals surface area (Å²) in [6.45, 7) is 2.10. The molecule has 2 aromatic rings. The Kier molecular flexibility index (Phi) is 6.04. The predicted molar refractivity (Wildman–Crippen MR) is 96.3 cm³/mol. The molecule has 0 bridgehead atoms. The average Bonchev–Trinajstić information content (AvgIpc) is 3.32. The second-order valence-electron chi connectivity index (χ2n) is 6.74. The van der Waals surface area contributed by atoms with Gasteiger partial charge in [-0.2, -0.15) is 5.10 Å². The van der Waals surface area contributed by atoms with E-state index in [2.05, 4.69) is 25.7 Å². The Hall–Kier alpha value is -2.64. The van der Waals surface area contributed by atoms with E-state index in [0.717, 1.165) is 25.1 Å². The number of hydrogen-bond donors (Lipinski definition) is 3. The maximum Gasteiger partial charge on any atom is 0.255 e. The number of carbonyl (C=O) groups is 2. The van der Waals surface area contributed by atoms with Crippen molar-refractivity contribution in [1.82, 2.24) is 30.4 Å². The standard InChI is InChI=1S/C18H26N6O2/c1-2-15(17-19-8-9-20-17)23-18(26)13-10-21-24(11-13)12-16(25)22-14-6-4-3-5-7-14/h8-11,14-15H,2-7,12H2,1H3,(H,19,20)(H,22,25)(H,23,26). The van der Waals surface area contributed by atoms with E-state index >= 15 is 0 Å². The van der Waals surface area contributed by atoms with E-state index in [0.29, 0.717) is 5.56 Å². The fourth-order valence-corrected chi connectivity index (χ4v) is 3.31. The van der Waals surface area contributed by atoms with Crippen LogP contribution >= 0.6 is 0 Å². The summed E-state index contributed by atoms with van der Waals surface area (Å²) in [5.41, 5.74) is 0.431. The molecule has 1 aliphatic carbocycles. The normalized spacial score (nSPS) is 16.2. The fourth-order valence-electron chi connectivity index (χ4n) is 3.31. The molecular weight excluding hydrogens is 332 g/mol. The Balaban J connectivity index is 1.53. The van der Waals surface area contributed by atoms with Gasteiger partial charge in [-0.15, -0.1) is 0 Å². The van der Waals surface area contributed by atoms with Gasteiger partial charge < -0.3 is 15.6 Å². The molecule has 2 aromatic heterocycles. The second kappa shape index (κ2) is 8.64. The molecule has 8 heteroatoms. The maximum absolute atomic E-state index is 12.4. The summed E-state index contributed by atoms with van der Waals surface area (Å²) in [6, 6.07) is 0.0867. The lowest BCUT2D eigenvalue weighted by Crippen LogP contribution is -2.38. The van der Waals surface area contributed by atoms with E-state index in [9.17, 15) is 9.59 Å². The Morgan fingerprint density at radius 3 is 2.85 bits per heavy atom. The fraction of sp³-hybridized carbons (Fsp3) is 0.556. The first-order valence-electron chi connectivity index (χ1n) is 9.27. The second-order valence-corrected chi connectivity index (χ2v) is 6.74. The Morgan fingerprint density at radius 2 is 2.15 bits per heavy atom. The highest BCUT2D eigenvalue weighted by atomic mass is 16.2. The summed E-state index contributed by atoms with van der Waals surface area (Å²) in [4.78, 5) is 31.8. The highest BCUT2D eigenvalue weighted by molar-refractivity contribution is 5.94. The van der Waals surface area contributed by atoms with Crippen LogP contribution in [0.5, 0.6) is 0 Å². The van der Waals surface area contributed by atoms with Crippen molar-refractivity contribution in [1.29, 1.82) is 0 Å². The van der Waals surface area contributed by atoms with Gasteiger partial charge >= 0.3 is 0 Å². The SMILES string of the molecule is CCC(NC(=O)c1cnn(CC(=O)NC2CCCCC2)c1)c1ncc[nH]1. The number of nitrogens with zero attached hydrogens (tertiary/aromatic N) is 3. The smallest absolute Gasteiger partial charge is 0.255 e. The van der Waals surface area contributed by atoms with Crippen LogP contribution in [0.15, 0.2) is 24.8 Å². The summed E-state index contributed by atoms with van der Waals surface area (Å²) < 4.78 is 1.50. The Bertz CT molecular complexity index is 718. The number of imidazole rings is 1. The monoisotopic (exact) mass is 358 g/mol. The molecule has 1 fully saturated rings. The topological polar surface area (TPSA) is 105 Å². The lowest BCUT2D eigenvalue weighted by Gasteiger charge is -2.22. The van der Waals surface area contributed by atoms with E-state index in [1.807, 2.05) is 6.92 Å². The number of nitrogens with one attached hydrogen (secondary N) is 3. The van der Waals surface area contributed by atoms with Gasteiger partial charge in [-0.3, -0.25) is 14.3 Å². The van der Waals surface area contributed by atoms with Gasteiger partial charge in [-0.05, 0) is 19.3 Å². The molecule has 1 atom stereocenters. The zero-order valence-electron chi connectivity index (χ0n) is 15.1. The predicted octanol–water partition coefficient (Wildman–Crippen LogP) is 1.94. The number of hydrogen-bond acceptors (Lipinski definition) is 4. The minimum Gasteiger partial charge on any atom is -0.352 e. The number of carbonyl (C=O) groups excluding carboxylic acids is 2. The van der Waals surface area contributed by atoms with Crippen molar-refractivity contribution in [3.05, 3.63) is 36.2 Å². The molecule has 140 valence electrons. The third-order valence-electron chi connectivity index (χ3n) is 4.73. The van der Waals surface area contributed by atoms with Crippen molar-refractivity contribution >= 4 is 11.8 Å². The van der Waals surface area contributed by atoms with E-state index in [1.54, 1.807) is 18.6 Å². The van der Waals surface area contributed by atoms with E-state index in [4.69, 9.17) is 0 Å². The van der Waals surface area contributed by atoms with Gasteiger partial charge in [0.25, 0.3) is 5.91 Å². The quantitative estimate of drug-likeness (QED) is 0.703. The van der Waals surface area contributed by atoms with Gasteiger partial charge in [0.2, 0.25) is 5.91 Å². The van der Waals surface area contributed by atoms with Crippen LogP contribution < -0.4 is 10.6 Å². The van der Waals surface area contributed by atoms with Gasteiger partial charge in [0.15, 0.2) is 0 Å². The van der Waals surface area contributed by atoms with Crippen molar-refractivity contribution < 1.29 is 9.59 Å².